The van der Waals surface area contributed by atoms with Crippen molar-refractivity contribution >= 4 is 21.8 Å². The number of hydrogen-bond acceptors (Lipinski definition) is 8. The molecule has 2 rings (SSSR count). The van der Waals surface area contributed by atoms with Gasteiger partial charge in [-0.15, -0.1) is 0 Å². The number of benzene rings is 2. The molecular formula is C18H22N6O7S. The molecule has 14 heteroatoms. The van der Waals surface area contributed by atoms with E-state index in [1.807, 2.05) is 6.07 Å². The Balaban J connectivity index is 2.29. The first kappa shape index (κ1) is 24.7. The van der Waals surface area contributed by atoms with E-state index < -0.39 is 38.8 Å². The lowest BCUT2D eigenvalue weighted by Gasteiger charge is -2.24. The summed E-state index contributed by atoms with van der Waals surface area (Å²) in [5.41, 5.74) is 12.4. The molecule has 2 aromatic rings. The first-order chi connectivity index (χ1) is 15.2. The lowest BCUT2D eigenvalue weighted by molar-refractivity contribution is -0.485. The average Bonchev–Trinajstić information content (AvgIpc) is 2.76. The number of nitrogens with zero attached hydrogens (tertiary/aromatic N) is 2. The van der Waals surface area contributed by atoms with Crippen LogP contribution in [0.15, 0.2) is 64.6 Å². The van der Waals surface area contributed by atoms with Crippen molar-refractivity contribution in [1.82, 2.24) is 10.2 Å². The molecule has 32 heavy (non-hydrogen) atoms. The van der Waals surface area contributed by atoms with Gasteiger partial charge in [0.15, 0.2) is 10.9 Å². The minimum absolute atomic E-state index is 0.0962. The summed E-state index contributed by atoms with van der Waals surface area (Å²) in [7, 11) is -4.33. The zero-order chi connectivity index (χ0) is 23.7. The summed E-state index contributed by atoms with van der Waals surface area (Å²) in [5.74, 6) is -2.22. The fourth-order valence-corrected chi connectivity index (χ4v) is 4.00. The number of amides is 1. The Kier molecular flexibility index (Phi) is 8.60. The van der Waals surface area contributed by atoms with Crippen LogP contribution in [0, 0.1) is 16.0 Å². The minimum Gasteiger partial charge on any atom is -0.457 e. The van der Waals surface area contributed by atoms with E-state index in [4.69, 9.17) is 21.4 Å². The Morgan fingerprint density at radius 2 is 1.75 bits per heavy atom. The summed E-state index contributed by atoms with van der Waals surface area (Å²) in [6.07, 6.45) is -0.131. The number of hydrogen-bond donors (Lipinski definition) is 5. The minimum atomic E-state index is -4.33. The number of nitro groups is 1. The molecule has 0 aliphatic carbocycles. The topological polar surface area (TPSA) is 212 Å². The van der Waals surface area contributed by atoms with Crippen molar-refractivity contribution in [3.05, 3.63) is 64.7 Å². The number of carbonyl (C=O) groups excluding carboxylic acids is 1. The van der Waals surface area contributed by atoms with Crippen molar-refractivity contribution in [3.63, 3.8) is 0 Å². The molecule has 0 saturated heterocycles. The number of nitrogens with one attached hydrogen (secondary N) is 2. The van der Waals surface area contributed by atoms with Crippen molar-refractivity contribution in [2.45, 2.75) is 17.4 Å². The van der Waals surface area contributed by atoms with Crippen LogP contribution < -0.4 is 26.4 Å². The third-order valence-corrected chi connectivity index (χ3v) is 5.70. The van der Waals surface area contributed by atoms with Crippen molar-refractivity contribution in [2.75, 3.05) is 6.54 Å². The second-order valence-corrected chi connectivity index (χ2v) is 8.12. The summed E-state index contributed by atoms with van der Waals surface area (Å²) in [5, 5.41) is 21.5. The quantitative estimate of drug-likeness (QED) is 0.1000. The summed E-state index contributed by atoms with van der Waals surface area (Å²) in [4.78, 5) is 22.6. The van der Waals surface area contributed by atoms with Crippen LogP contribution in [-0.4, -0.2) is 43.0 Å². The van der Waals surface area contributed by atoms with Crippen LogP contribution in [0.2, 0.25) is 0 Å². The van der Waals surface area contributed by atoms with Crippen LogP contribution in [0.1, 0.15) is 6.42 Å². The lowest BCUT2D eigenvalue weighted by Crippen LogP contribution is -2.54. The normalized spacial score (nSPS) is 13.8. The Labute approximate surface area is 183 Å². The smallest absolute Gasteiger partial charge is 0.262 e. The highest BCUT2D eigenvalue weighted by atomic mass is 32.2. The maximum Gasteiger partial charge on any atom is 0.262 e. The number of ether oxygens (including phenoxy) is 1. The van der Waals surface area contributed by atoms with Crippen LogP contribution in [0.25, 0.3) is 0 Å². The summed E-state index contributed by atoms with van der Waals surface area (Å²) < 4.78 is 33.3. The van der Waals surface area contributed by atoms with Gasteiger partial charge >= 0.3 is 0 Å². The van der Waals surface area contributed by atoms with E-state index in [0.29, 0.717) is 11.5 Å². The molecule has 0 aromatic heterocycles. The second kappa shape index (κ2) is 11.1. The molecule has 0 bridgehead atoms. The molecule has 0 heterocycles. The largest absolute Gasteiger partial charge is 0.457 e. The fraction of sp³-hybridized carbons (Fsp3) is 0.222. The molecule has 2 aromatic carbocycles. The molecule has 2 atom stereocenters. The second-order valence-electron chi connectivity index (χ2n) is 6.41. The monoisotopic (exact) mass is 466 g/mol. The van der Waals surface area contributed by atoms with Gasteiger partial charge in [0.1, 0.15) is 17.5 Å². The third kappa shape index (κ3) is 6.71. The number of hydroxylamine groups is 1. The molecule has 0 spiro atoms. The average molecular weight is 466 g/mol. The predicted octanol–water partition coefficient (Wildman–Crippen LogP) is 0.145. The standard InChI is InChI=1S/C18H22N6O7S/c19-11-10-15(17(20)21-24(27)28)16(18(25)22-26)23-32(29,30)14-8-6-13(7-9-14)31-12-4-2-1-3-5-12/h1-9,15-16,23,26H,10-11,19H2,(H2,20,21)(H,22,25)/t15?,16-/m1/s1. The van der Waals surface area contributed by atoms with Gasteiger partial charge in [-0.3, -0.25) is 10.0 Å². The molecule has 13 nitrogen and oxygen atoms in total. The van der Waals surface area contributed by atoms with E-state index in [1.165, 1.54) is 29.7 Å². The van der Waals surface area contributed by atoms with Crippen LogP contribution >= 0.6 is 0 Å². The first-order valence-corrected chi connectivity index (χ1v) is 10.6. The van der Waals surface area contributed by atoms with Crippen molar-refractivity contribution in [3.8, 4) is 11.5 Å². The van der Waals surface area contributed by atoms with E-state index in [0.717, 1.165) is 0 Å². The lowest BCUT2D eigenvalue weighted by atomic mass is 9.95. The van der Waals surface area contributed by atoms with Gasteiger partial charge in [-0.2, -0.15) is 4.72 Å². The number of amidine groups is 1. The summed E-state index contributed by atoms with van der Waals surface area (Å²) in [6, 6.07) is 12.4. The number of hydrazone groups is 1. The van der Waals surface area contributed by atoms with E-state index in [-0.39, 0.29) is 17.9 Å². The molecule has 7 N–H and O–H groups in total. The Hall–Kier alpha value is -3.59. The SMILES string of the molecule is NCCC(/C(N)=N/[N+](=O)[O-])[C@@H](NS(=O)(=O)c1ccc(Oc2ccccc2)cc1)C(=O)NO. The predicted molar refractivity (Wildman–Crippen MR) is 113 cm³/mol. The van der Waals surface area contributed by atoms with Gasteiger partial charge in [-0.1, -0.05) is 18.2 Å². The van der Waals surface area contributed by atoms with Crippen molar-refractivity contribution in [1.29, 1.82) is 0 Å². The van der Waals surface area contributed by atoms with Crippen LogP contribution in [-0.2, 0) is 14.8 Å². The molecule has 0 aliphatic heterocycles. The molecule has 0 fully saturated rings. The molecule has 1 unspecified atom stereocenters. The van der Waals surface area contributed by atoms with Gasteiger partial charge in [-0.25, -0.2) is 24.0 Å². The van der Waals surface area contributed by atoms with E-state index in [1.54, 1.807) is 24.3 Å². The van der Waals surface area contributed by atoms with Gasteiger partial charge in [0.2, 0.25) is 10.0 Å². The molecule has 1 amide bonds. The molecular weight excluding hydrogens is 444 g/mol. The molecule has 0 aliphatic rings. The van der Waals surface area contributed by atoms with Gasteiger partial charge in [0, 0.05) is 5.92 Å². The zero-order valence-electron chi connectivity index (χ0n) is 16.6. The van der Waals surface area contributed by atoms with E-state index >= 15 is 0 Å². The highest BCUT2D eigenvalue weighted by Crippen LogP contribution is 2.23. The number of carbonyl (C=O) groups is 1. The first-order valence-electron chi connectivity index (χ1n) is 9.15. The summed E-state index contributed by atoms with van der Waals surface area (Å²) >= 11 is 0. The Morgan fingerprint density at radius 1 is 1.16 bits per heavy atom. The van der Waals surface area contributed by atoms with Crippen LogP contribution in [0.4, 0.5) is 0 Å². The number of para-hydroxylation sites is 1. The Bertz CT molecular complexity index is 1060. The maximum atomic E-state index is 12.8. The molecule has 0 saturated carbocycles. The molecule has 172 valence electrons. The van der Waals surface area contributed by atoms with Gasteiger partial charge in [0.05, 0.1) is 10.00 Å². The molecule has 0 radical (unpaired) electrons. The van der Waals surface area contributed by atoms with Crippen molar-refractivity contribution in [2.24, 2.45) is 22.5 Å². The fourth-order valence-electron chi connectivity index (χ4n) is 2.77. The van der Waals surface area contributed by atoms with Gasteiger partial charge in [0.25, 0.3) is 5.91 Å². The highest BCUT2D eigenvalue weighted by Gasteiger charge is 2.36. The number of sulfonamides is 1. The number of nitrogens with two attached hydrogens (primary N) is 2. The van der Waals surface area contributed by atoms with E-state index in [9.17, 15) is 23.3 Å². The van der Waals surface area contributed by atoms with Crippen molar-refractivity contribution < 1.29 is 28.2 Å². The third-order valence-electron chi connectivity index (χ3n) is 4.24. The van der Waals surface area contributed by atoms with Gasteiger partial charge < -0.3 is 16.2 Å². The highest BCUT2D eigenvalue weighted by molar-refractivity contribution is 7.89. The number of rotatable bonds is 11. The Morgan fingerprint density at radius 3 is 2.28 bits per heavy atom. The zero-order valence-corrected chi connectivity index (χ0v) is 17.4. The van der Waals surface area contributed by atoms with Crippen LogP contribution in [0.3, 0.4) is 0 Å². The van der Waals surface area contributed by atoms with Crippen LogP contribution in [0.5, 0.6) is 11.5 Å². The van der Waals surface area contributed by atoms with Gasteiger partial charge in [-0.05, 0) is 49.4 Å². The maximum absolute atomic E-state index is 12.8. The summed E-state index contributed by atoms with van der Waals surface area (Å²) in [6.45, 7) is -0.0962. The van der Waals surface area contributed by atoms with E-state index in [2.05, 4.69) is 9.82 Å².